The normalized spacial score (nSPS) is 45.8. The second-order valence-electron chi connectivity index (χ2n) is 9.61. The van der Waals surface area contributed by atoms with Gasteiger partial charge in [-0.05, 0) is 58.5 Å². The Morgan fingerprint density at radius 3 is 1.43 bits per heavy atom. The van der Waals surface area contributed by atoms with Crippen LogP contribution in [-0.4, -0.2) is 12.2 Å². The van der Waals surface area contributed by atoms with Crippen molar-refractivity contribution in [2.75, 3.05) is 0 Å². The lowest BCUT2D eigenvalue weighted by molar-refractivity contribution is -0.0129. The zero-order valence-electron chi connectivity index (χ0n) is 16.0. The van der Waals surface area contributed by atoms with Crippen molar-refractivity contribution in [1.82, 2.24) is 0 Å². The Bertz CT molecular complexity index is 846. The van der Waals surface area contributed by atoms with Gasteiger partial charge in [0.1, 0.15) is 0 Å². The molecule has 6 bridgehead atoms. The Morgan fingerprint density at radius 1 is 0.571 bits per heavy atom. The van der Waals surface area contributed by atoms with Gasteiger partial charge in [0, 0.05) is 0 Å². The molecule has 2 heteroatoms. The van der Waals surface area contributed by atoms with Gasteiger partial charge in [-0.25, -0.2) is 0 Å². The lowest BCUT2D eigenvalue weighted by atomic mass is 9.71. The molecule has 0 unspecified atom stereocenters. The van der Waals surface area contributed by atoms with Gasteiger partial charge in [-0.3, -0.25) is 0 Å². The van der Waals surface area contributed by atoms with E-state index in [1.807, 2.05) is 0 Å². The summed E-state index contributed by atoms with van der Waals surface area (Å²) >= 11 is 0. The molecule has 8 rings (SSSR count). The lowest BCUT2D eigenvalue weighted by Crippen LogP contribution is -2.30. The van der Waals surface area contributed by atoms with Crippen LogP contribution in [0.3, 0.4) is 0 Å². The lowest BCUT2D eigenvalue weighted by Gasteiger charge is -2.31. The predicted octanol–water partition coefficient (Wildman–Crippen LogP) is 4.71. The van der Waals surface area contributed by atoms with E-state index < -0.39 is 0 Å². The van der Waals surface area contributed by atoms with E-state index in [-0.39, 0.29) is 0 Å². The Kier molecular flexibility index (Phi) is 3.18. The Balaban J connectivity index is 1.14. The maximum absolute atomic E-state index is 6.61. The first-order valence-corrected chi connectivity index (χ1v) is 10.8. The van der Waals surface area contributed by atoms with Gasteiger partial charge in [-0.1, -0.05) is 72.8 Å². The molecule has 0 amide bonds. The first kappa shape index (κ1) is 16.0. The smallest absolute Gasteiger partial charge is 0.0720 e. The Morgan fingerprint density at radius 2 is 1.00 bits per heavy atom. The van der Waals surface area contributed by atoms with Gasteiger partial charge in [-0.2, -0.15) is 0 Å². The second-order valence-corrected chi connectivity index (χ2v) is 9.61. The molecule has 0 spiro atoms. The van der Waals surface area contributed by atoms with Crippen molar-refractivity contribution < 1.29 is 9.47 Å². The summed E-state index contributed by atoms with van der Waals surface area (Å²) in [6.07, 6.45) is 0.838. The molecule has 142 valence electrons. The molecule has 6 saturated carbocycles. The minimum Gasteiger partial charge on any atom is -0.373 e. The minimum absolute atomic E-state index is 0.419. The molecule has 0 aromatic heterocycles. The maximum Gasteiger partial charge on any atom is 0.0720 e. The summed E-state index contributed by atoms with van der Waals surface area (Å²) < 4.78 is 13.2. The monoisotopic (exact) mass is 370 g/mol. The quantitative estimate of drug-likeness (QED) is 0.686. The van der Waals surface area contributed by atoms with Crippen LogP contribution in [0.4, 0.5) is 0 Å². The molecule has 6 fully saturated rings. The summed E-state index contributed by atoms with van der Waals surface area (Å²) in [7, 11) is 0. The van der Waals surface area contributed by atoms with Gasteiger partial charge in [0.15, 0.2) is 0 Å². The SMILES string of the molecule is C=C1[C@H]2[C@H]3[C@H]4[C@@H](OCc5ccccc5)[C@@H]2[C@H]2[C@H]1[C@@H]3[C@H](OCc1ccccc1)[C@@H]42. The van der Waals surface area contributed by atoms with Crippen molar-refractivity contribution in [1.29, 1.82) is 0 Å². The van der Waals surface area contributed by atoms with Gasteiger partial charge in [0.05, 0.1) is 25.4 Å². The minimum atomic E-state index is 0.419. The fourth-order valence-corrected chi connectivity index (χ4v) is 8.40. The zero-order chi connectivity index (χ0) is 18.4. The Hall–Kier alpha value is -1.90. The number of allylic oxidation sites excluding steroid dienone is 1. The zero-order valence-corrected chi connectivity index (χ0v) is 16.0. The molecule has 10 atom stereocenters. The molecule has 28 heavy (non-hydrogen) atoms. The topological polar surface area (TPSA) is 18.5 Å². The fraction of sp³-hybridized carbons (Fsp3) is 0.462. The molecule has 2 nitrogen and oxygen atoms in total. The highest BCUT2D eigenvalue weighted by Gasteiger charge is 2.85. The van der Waals surface area contributed by atoms with Crippen LogP contribution in [0.5, 0.6) is 0 Å². The van der Waals surface area contributed by atoms with E-state index in [9.17, 15) is 0 Å². The molecule has 0 aliphatic heterocycles. The molecule has 0 saturated heterocycles. The van der Waals surface area contributed by atoms with E-state index in [2.05, 4.69) is 67.2 Å². The van der Waals surface area contributed by atoms with Crippen LogP contribution in [0, 0.1) is 47.3 Å². The molecule has 6 aliphatic carbocycles. The summed E-state index contributed by atoms with van der Waals surface area (Å²) in [5.74, 6) is 5.80. The van der Waals surface area contributed by atoms with Crippen molar-refractivity contribution in [2.45, 2.75) is 25.4 Å². The second kappa shape index (κ2) is 5.58. The third kappa shape index (κ3) is 1.82. The van der Waals surface area contributed by atoms with E-state index in [1.54, 1.807) is 5.57 Å². The third-order valence-corrected chi connectivity index (χ3v) is 8.83. The molecule has 0 N–H and O–H groups in total. The predicted molar refractivity (Wildman–Crippen MR) is 107 cm³/mol. The molecule has 0 heterocycles. The first-order valence-electron chi connectivity index (χ1n) is 10.8. The van der Waals surface area contributed by atoms with Crippen LogP contribution in [0.1, 0.15) is 11.1 Å². The van der Waals surface area contributed by atoms with E-state index in [4.69, 9.17) is 9.47 Å². The van der Waals surface area contributed by atoms with Crippen molar-refractivity contribution in [2.24, 2.45) is 47.3 Å². The molecule has 2 aromatic rings. The van der Waals surface area contributed by atoms with Gasteiger partial charge in [0.25, 0.3) is 0 Å². The molecule has 0 radical (unpaired) electrons. The van der Waals surface area contributed by atoms with Crippen molar-refractivity contribution in [3.8, 4) is 0 Å². The van der Waals surface area contributed by atoms with Gasteiger partial charge >= 0.3 is 0 Å². The van der Waals surface area contributed by atoms with Crippen LogP contribution in [0.25, 0.3) is 0 Å². The highest BCUT2D eigenvalue weighted by atomic mass is 16.5. The van der Waals surface area contributed by atoms with Crippen molar-refractivity contribution in [3.63, 3.8) is 0 Å². The summed E-state index contributed by atoms with van der Waals surface area (Å²) in [4.78, 5) is 0. The third-order valence-electron chi connectivity index (χ3n) is 8.83. The summed E-state index contributed by atoms with van der Waals surface area (Å²) in [5.41, 5.74) is 4.13. The van der Waals surface area contributed by atoms with Crippen LogP contribution >= 0.6 is 0 Å². The first-order chi connectivity index (χ1) is 13.8. The van der Waals surface area contributed by atoms with E-state index in [1.165, 1.54) is 11.1 Å². The van der Waals surface area contributed by atoms with Crippen molar-refractivity contribution in [3.05, 3.63) is 83.9 Å². The number of benzene rings is 2. The van der Waals surface area contributed by atoms with E-state index >= 15 is 0 Å². The molecule has 6 aliphatic rings. The van der Waals surface area contributed by atoms with Crippen LogP contribution in [0.15, 0.2) is 72.8 Å². The summed E-state index contributed by atoms with van der Waals surface area (Å²) in [6.45, 7) is 6.06. The molecule has 2 aromatic carbocycles. The summed E-state index contributed by atoms with van der Waals surface area (Å²) in [5, 5.41) is 0. The summed E-state index contributed by atoms with van der Waals surface area (Å²) in [6, 6.07) is 21.3. The van der Waals surface area contributed by atoms with E-state index in [0.717, 1.165) is 25.0 Å². The Labute approximate surface area is 166 Å². The van der Waals surface area contributed by atoms with Gasteiger partial charge in [-0.15, -0.1) is 0 Å². The van der Waals surface area contributed by atoms with E-state index in [0.29, 0.717) is 47.7 Å². The number of rotatable bonds is 6. The number of hydrogen-bond acceptors (Lipinski definition) is 2. The highest BCUT2D eigenvalue weighted by Crippen LogP contribution is 2.84. The van der Waals surface area contributed by atoms with Crippen molar-refractivity contribution >= 4 is 0 Å². The van der Waals surface area contributed by atoms with Crippen LogP contribution < -0.4 is 0 Å². The standard InChI is InChI=1S/C26H26O2/c1-14-17-20-22-18(14)19-21(17)25(27-12-15-8-4-2-5-9-15)23(20)24(19)26(22)28-13-16-10-6-3-7-11-16/h2-11,17-26H,1,12-13H2/t17-,18-,19+,20+,21-,22-,23+,24+,25-,26-/m0/s1. The number of ether oxygens (including phenoxy) is 2. The van der Waals surface area contributed by atoms with Crippen LogP contribution in [0.2, 0.25) is 0 Å². The fourth-order valence-electron chi connectivity index (χ4n) is 8.40. The van der Waals surface area contributed by atoms with Gasteiger partial charge in [0.2, 0.25) is 0 Å². The molecular formula is C26H26O2. The highest BCUT2D eigenvalue weighted by molar-refractivity contribution is 5.42. The maximum atomic E-state index is 6.61. The average molecular weight is 370 g/mol. The number of hydrogen-bond donors (Lipinski definition) is 0. The average Bonchev–Trinajstić information content (AvgIpc) is 3.48. The van der Waals surface area contributed by atoms with Gasteiger partial charge < -0.3 is 9.47 Å². The largest absolute Gasteiger partial charge is 0.373 e. The van der Waals surface area contributed by atoms with Crippen LogP contribution in [-0.2, 0) is 22.7 Å². The molecular weight excluding hydrogens is 344 g/mol.